The molecular formula is C7H8ClN3O2. The summed E-state index contributed by atoms with van der Waals surface area (Å²) in [5.41, 5.74) is 6.12. The molecule has 1 rings (SSSR count). The summed E-state index contributed by atoms with van der Waals surface area (Å²) in [7, 11) is 1.66. The average molecular weight is 202 g/mol. The van der Waals surface area contributed by atoms with Gasteiger partial charge in [-0.3, -0.25) is 10.1 Å². The molecule has 0 saturated heterocycles. The fraction of sp³-hybridized carbons (Fsp3) is 0.143. The molecule has 13 heavy (non-hydrogen) atoms. The first-order valence-corrected chi connectivity index (χ1v) is 3.86. The van der Waals surface area contributed by atoms with E-state index in [0.29, 0.717) is 5.69 Å². The van der Waals surface area contributed by atoms with E-state index in [1.54, 1.807) is 7.05 Å². The van der Waals surface area contributed by atoms with Crippen molar-refractivity contribution < 1.29 is 4.92 Å². The van der Waals surface area contributed by atoms with E-state index >= 15 is 0 Å². The SMILES string of the molecule is CNc1ccc([N+](=O)[O-])c(Cl)c1N. The Morgan fingerprint density at radius 3 is 2.69 bits per heavy atom. The number of benzene rings is 1. The number of nitrogens with zero attached hydrogens (tertiary/aromatic N) is 1. The smallest absolute Gasteiger partial charge is 0.290 e. The third-order valence-electron chi connectivity index (χ3n) is 1.63. The highest BCUT2D eigenvalue weighted by molar-refractivity contribution is 6.35. The molecule has 0 aliphatic rings. The van der Waals surface area contributed by atoms with E-state index in [9.17, 15) is 10.1 Å². The predicted molar refractivity (Wildman–Crippen MR) is 52.1 cm³/mol. The number of nitrogens with one attached hydrogen (secondary N) is 1. The first-order valence-electron chi connectivity index (χ1n) is 3.48. The number of anilines is 2. The molecule has 0 aromatic heterocycles. The summed E-state index contributed by atoms with van der Waals surface area (Å²) in [6.07, 6.45) is 0. The first kappa shape index (κ1) is 9.60. The molecule has 1 aromatic rings. The molecule has 0 unspecified atom stereocenters. The number of hydrogen-bond acceptors (Lipinski definition) is 4. The van der Waals surface area contributed by atoms with Crippen molar-refractivity contribution in [2.75, 3.05) is 18.1 Å². The lowest BCUT2D eigenvalue weighted by Crippen LogP contribution is -1.99. The zero-order chi connectivity index (χ0) is 10.0. The zero-order valence-electron chi connectivity index (χ0n) is 6.87. The Labute approximate surface area is 79.6 Å². The van der Waals surface area contributed by atoms with Crippen LogP contribution in [0.4, 0.5) is 17.1 Å². The third kappa shape index (κ3) is 1.65. The average Bonchev–Trinajstić information content (AvgIpc) is 2.09. The minimum absolute atomic E-state index is 0.0307. The first-order chi connectivity index (χ1) is 6.07. The fourth-order valence-electron chi connectivity index (χ4n) is 0.940. The number of hydrogen-bond donors (Lipinski definition) is 2. The lowest BCUT2D eigenvalue weighted by molar-refractivity contribution is -0.384. The summed E-state index contributed by atoms with van der Waals surface area (Å²) < 4.78 is 0. The summed E-state index contributed by atoms with van der Waals surface area (Å²) in [4.78, 5) is 9.85. The van der Waals surface area contributed by atoms with Crippen molar-refractivity contribution in [1.82, 2.24) is 0 Å². The van der Waals surface area contributed by atoms with Crippen LogP contribution in [0.15, 0.2) is 12.1 Å². The zero-order valence-corrected chi connectivity index (χ0v) is 7.63. The van der Waals surface area contributed by atoms with Crippen molar-refractivity contribution in [2.45, 2.75) is 0 Å². The molecular weight excluding hydrogens is 194 g/mol. The largest absolute Gasteiger partial charge is 0.396 e. The van der Waals surface area contributed by atoms with Gasteiger partial charge in [0, 0.05) is 13.1 Å². The highest BCUT2D eigenvalue weighted by Crippen LogP contribution is 2.34. The minimum Gasteiger partial charge on any atom is -0.396 e. The Hall–Kier alpha value is -1.49. The topological polar surface area (TPSA) is 81.2 Å². The second-order valence-corrected chi connectivity index (χ2v) is 2.74. The Kier molecular flexibility index (Phi) is 2.57. The Bertz CT molecular complexity index is 354. The van der Waals surface area contributed by atoms with Crippen molar-refractivity contribution in [1.29, 1.82) is 0 Å². The summed E-state index contributed by atoms with van der Waals surface area (Å²) >= 11 is 5.67. The number of nitro groups is 1. The standard InChI is InChI=1S/C7H8ClN3O2/c1-10-4-2-3-5(11(12)13)6(8)7(4)9/h2-3,10H,9H2,1H3. The molecule has 0 saturated carbocycles. The van der Waals surface area contributed by atoms with Crippen LogP contribution >= 0.6 is 11.6 Å². The van der Waals surface area contributed by atoms with Crippen LogP contribution in [0, 0.1) is 10.1 Å². The van der Waals surface area contributed by atoms with E-state index in [0.717, 1.165) is 0 Å². The Morgan fingerprint density at radius 2 is 2.23 bits per heavy atom. The van der Waals surface area contributed by atoms with Gasteiger partial charge in [-0.1, -0.05) is 11.6 Å². The summed E-state index contributed by atoms with van der Waals surface area (Å²) in [6, 6.07) is 2.82. The molecule has 70 valence electrons. The second kappa shape index (κ2) is 3.49. The van der Waals surface area contributed by atoms with Crippen molar-refractivity contribution in [3.63, 3.8) is 0 Å². The quantitative estimate of drug-likeness (QED) is 0.435. The summed E-state index contributed by atoms with van der Waals surface area (Å²) in [6.45, 7) is 0. The number of nitro benzene ring substituents is 1. The molecule has 1 aromatic carbocycles. The lowest BCUT2D eigenvalue weighted by Gasteiger charge is -2.05. The molecule has 5 nitrogen and oxygen atoms in total. The molecule has 3 N–H and O–H groups in total. The molecule has 0 radical (unpaired) electrons. The minimum atomic E-state index is -0.571. The molecule has 6 heteroatoms. The van der Waals surface area contributed by atoms with Crippen LogP contribution in [-0.2, 0) is 0 Å². The van der Waals surface area contributed by atoms with Crippen molar-refractivity contribution in [3.05, 3.63) is 27.3 Å². The van der Waals surface area contributed by atoms with Gasteiger partial charge in [-0.25, -0.2) is 0 Å². The van der Waals surface area contributed by atoms with E-state index in [-0.39, 0.29) is 16.4 Å². The lowest BCUT2D eigenvalue weighted by atomic mass is 10.2. The molecule has 0 amide bonds. The van der Waals surface area contributed by atoms with Gasteiger partial charge in [0.1, 0.15) is 5.02 Å². The van der Waals surface area contributed by atoms with Gasteiger partial charge < -0.3 is 11.1 Å². The number of nitrogens with two attached hydrogens (primary N) is 1. The molecule has 0 atom stereocenters. The van der Waals surface area contributed by atoms with Crippen LogP contribution < -0.4 is 11.1 Å². The highest BCUT2D eigenvalue weighted by Gasteiger charge is 2.16. The van der Waals surface area contributed by atoms with Gasteiger partial charge in [-0.05, 0) is 6.07 Å². The van der Waals surface area contributed by atoms with Gasteiger partial charge in [0.25, 0.3) is 5.69 Å². The Balaban J connectivity index is 3.31. The Morgan fingerprint density at radius 1 is 1.62 bits per heavy atom. The number of rotatable bonds is 2. The fourth-order valence-corrected chi connectivity index (χ4v) is 1.17. The van der Waals surface area contributed by atoms with Crippen LogP contribution in [0.1, 0.15) is 0 Å². The predicted octanol–water partition coefficient (Wildman–Crippen LogP) is 1.87. The number of halogens is 1. The molecule has 0 aliphatic carbocycles. The third-order valence-corrected chi connectivity index (χ3v) is 2.02. The van der Waals surface area contributed by atoms with E-state index in [4.69, 9.17) is 17.3 Å². The van der Waals surface area contributed by atoms with Crippen LogP contribution in [0.25, 0.3) is 0 Å². The van der Waals surface area contributed by atoms with Crippen LogP contribution in [-0.4, -0.2) is 12.0 Å². The maximum absolute atomic E-state index is 10.4. The van der Waals surface area contributed by atoms with Crippen molar-refractivity contribution in [3.8, 4) is 0 Å². The van der Waals surface area contributed by atoms with Gasteiger partial charge in [0.05, 0.1) is 16.3 Å². The van der Waals surface area contributed by atoms with Gasteiger partial charge in [-0.15, -0.1) is 0 Å². The van der Waals surface area contributed by atoms with E-state index < -0.39 is 4.92 Å². The maximum atomic E-state index is 10.4. The van der Waals surface area contributed by atoms with Gasteiger partial charge >= 0.3 is 0 Å². The second-order valence-electron chi connectivity index (χ2n) is 2.37. The maximum Gasteiger partial charge on any atom is 0.290 e. The van der Waals surface area contributed by atoms with Gasteiger partial charge in [-0.2, -0.15) is 0 Å². The summed E-state index contributed by atoms with van der Waals surface area (Å²) in [5.74, 6) is 0. The normalized spacial score (nSPS) is 9.69. The van der Waals surface area contributed by atoms with Crippen molar-refractivity contribution in [2.24, 2.45) is 0 Å². The van der Waals surface area contributed by atoms with Gasteiger partial charge in [0.15, 0.2) is 0 Å². The van der Waals surface area contributed by atoms with Crippen molar-refractivity contribution >= 4 is 28.7 Å². The highest BCUT2D eigenvalue weighted by atomic mass is 35.5. The van der Waals surface area contributed by atoms with E-state index in [2.05, 4.69) is 5.32 Å². The van der Waals surface area contributed by atoms with Gasteiger partial charge in [0.2, 0.25) is 0 Å². The molecule has 0 fully saturated rings. The monoisotopic (exact) mass is 201 g/mol. The van der Waals surface area contributed by atoms with Crippen LogP contribution in [0.5, 0.6) is 0 Å². The molecule has 0 bridgehead atoms. The van der Waals surface area contributed by atoms with E-state index in [1.807, 2.05) is 0 Å². The summed E-state index contributed by atoms with van der Waals surface area (Å²) in [5, 5.41) is 13.2. The molecule has 0 aliphatic heterocycles. The molecule has 0 heterocycles. The number of nitrogen functional groups attached to an aromatic ring is 1. The molecule has 0 spiro atoms. The van der Waals surface area contributed by atoms with Crippen LogP contribution in [0.2, 0.25) is 5.02 Å². The van der Waals surface area contributed by atoms with E-state index in [1.165, 1.54) is 12.1 Å². The van der Waals surface area contributed by atoms with Crippen LogP contribution in [0.3, 0.4) is 0 Å².